The molecule has 0 bridgehead atoms. The average molecular weight is 260 g/mol. The molecule has 4 rings (SSSR count). The molecular formula is C15H20N2O2. The molecule has 0 N–H and O–H groups in total. The van der Waals surface area contributed by atoms with Gasteiger partial charge in [-0.15, -0.1) is 0 Å². The van der Waals surface area contributed by atoms with E-state index in [9.17, 15) is 0 Å². The van der Waals surface area contributed by atoms with Gasteiger partial charge in [-0.25, -0.2) is 0 Å². The molecule has 0 atom stereocenters. The van der Waals surface area contributed by atoms with Crippen LogP contribution in [0.3, 0.4) is 0 Å². The monoisotopic (exact) mass is 260 g/mol. The van der Waals surface area contributed by atoms with Gasteiger partial charge in [-0.1, -0.05) is 6.07 Å². The third kappa shape index (κ3) is 1.82. The number of pyridine rings is 1. The van der Waals surface area contributed by atoms with Crippen LogP contribution in [0.4, 0.5) is 0 Å². The fourth-order valence-corrected chi connectivity index (χ4v) is 3.45. The Hall–Kier alpha value is -0.970. The normalized spacial score (nSPS) is 26.4. The largest absolute Gasteiger partial charge is 0.378 e. The summed E-state index contributed by atoms with van der Waals surface area (Å²) < 4.78 is 11.5. The second-order valence-corrected chi connectivity index (χ2v) is 5.97. The van der Waals surface area contributed by atoms with Gasteiger partial charge in [-0.3, -0.25) is 9.88 Å². The van der Waals surface area contributed by atoms with E-state index in [0.29, 0.717) is 6.04 Å². The van der Waals surface area contributed by atoms with Crippen molar-refractivity contribution in [1.82, 2.24) is 9.88 Å². The van der Waals surface area contributed by atoms with E-state index in [4.69, 9.17) is 14.5 Å². The molecule has 2 fully saturated rings. The lowest BCUT2D eigenvalue weighted by Gasteiger charge is -2.44. The maximum atomic E-state index is 6.17. The first-order valence-corrected chi connectivity index (χ1v) is 7.20. The Balaban J connectivity index is 1.56. The van der Waals surface area contributed by atoms with E-state index in [2.05, 4.69) is 24.0 Å². The molecule has 0 unspecified atom stereocenters. The van der Waals surface area contributed by atoms with E-state index in [1.165, 1.54) is 11.3 Å². The molecule has 2 saturated heterocycles. The summed E-state index contributed by atoms with van der Waals surface area (Å²) in [5.41, 5.74) is 3.48. The predicted molar refractivity (Wildman–Crippen MR) is 70.9 cm³/mol. The van der Waals surface area contributed by atoms with Gasteiger partial charge in [0.25, 0.3) is 0 Å². The summed E-state index contributed by atoms with van der Waals surface area (Å²) in [7, 11) is 0. The van der Waals surface area contributed by atoms with Crippen LogP contribution >= 0.6 is 0 Å². The summed E-state index contributed by atoms with van der Waals surface area (Å²) in [6.45, 7) is 6.80. The second-order valence-electron chi connectivity index (χ2n) is 5.97. The van der Waals surface area contributed by atoms with Gasteiger partial charge in [-0.2, -0.15) is 0 Å². The molecule has 4 heterocycles. The minimum atomic E-state index is -0.109. The van der Waals surface area contributed by atoms with Gasteiger partial charge in [-0.05, 0) is 25.8 Å². The van der Waals surface area contributed by atoms with Gasteiger partial charge in [0.2, 0.25) is 0 Å². The van der Waals surface area contributed by atoms with Crippen molar-refractivity contribution in [3.63, 3.8) is 0 Å². The summed E-state index contributed by atoms with van der Waals surface area (Å²) in [6, 6.07) is 4.91. The lowest BCUT2D eigenvalue weighted by Crippen LogP contribution is -2.54. The first-order valence-electron chi connectivity index (χ1n) is 7.20. The van der Waals surface area contributed by atoms with Crippen molar-refractivity contribution in [3.05, 3.63) is 29.1 Å². The van der Waals surface area contributed by atoms with E-state index < -0.39 is 0 Å². The smallest absolute Gasteiger partial charge is 0.113 e. The van der Waals surface area contributed by atoms with E-state index in [1.54, 1.807) is 0 Å². The fourth-order valence-electron chi connectivity index (χ4n) is 3.45. The number of nitrogens with zero attached hydrogens (tertiary/aromatic N) is 2. The lowest BCUT2D eigenvalue weighted by molar-refractivity contribution is -0.120. The Bertz CT molecular complexity index is 491. The minimum Gasteiger partial charge on any atom is -0.378 e. The molecule has 1 aromatic rings. The van der Waals surface area contributed by atoms with Gasteiger partial charge < -0.3 is 9.47 Å². The Kier molecular flexibility index (Phi) is 2.65. The highest BCUT2D eigenvalue weighted by Crippen LogP contribution is 2.43. The number of rotatable bonds is 1. The molecule has 3 aliphatic heterocycles. The Morgan fingerprint density at radius 3 is 2.74 bits per heavy atom. The molecule has 0 saturated carbocycles. The van der Waals surface area contributed by atoms with Crippen LogP contribution in [0.2, 0.25) is 0 Å². The molecule has 0 aliphatic carbocycles. The lowest BCUT2D eigenvalue weighted by atomic mass is 9.86. The summed E-state index contributed by atoms with van der Waals surface area (Å²) in [5, 5.41) is 0. The number of ether oxygens (including phenoxy) is 2. The number of hydrogen-bond acceptors (Lipinski definition) is 4. The van der Waals surface area contributed by atoms with Gasteiger partial charge in [0, 0.05) is 24.3 Å². The topological polar surface area (TPSA) is 34.6 Å². The minimum absolute atomic E-state index is 0.109. The standard InChI is InChI=1S/C15H20N2O2/c1-11-2-3-12-8-19-15(14(12)16-11)4-6-17(7-5-15)13-9-18-10-13/h2-3,13H,4-10H2,1H3. The molecule has 1 aromatic heterocycles. The van der Waals surface area contributed by atoms with Gasteiger partial charge in [0.1, 0.15) is 5.60 Å². The van der Waals surface area contributed by atoms with Crippen molar-refractivity contribution < 1.29 is 9.47 Å². The summed E-state index contributed by atoms with van der Waals surface area (Å²) in [4.78, 5) is 7.31. The third-order valence-corrected chi connectivity index (χ3v) is 4.80. The van der Waals surface area contributed by atoms with Crippen LogP contribution < -0.4 is 0 Å². The van der Waals surface area contributed by atoms with Crippen molar-refractivity contribution in [2.45, 2.75) is 38.0 Å². The number of aryl methyl sites for hydroxylation is 1. The molecule has 1 spiro atoms. The SMILES string of the molecule is Cc1ccc2c(n1)C1(CCN(C3COC3)CC1)OC2. The average Bonchev–Trinajstić information content (AvgIpc) is 2.69. The van der Waals surface area contributed by atoms with Gasteiger partial charge in [0.15, 0.2) is 0 Å². The zero-order valence-electron chi connectivity index (χ0n) is 11.4. The molecular weight excluding hydrogens is 240 g/mol. The highest BCUT2D eigenvalue weighted by Gasteiger charge is 2.45. The molecule has 0 amide bonds. The summed E-state index contributed by atoms with van der Waals surface area (Å²) in [5.74, 6) is 0. The van der Waals surface area contributed by atoms with Crippen molar-refractivity contribution in [1.29, 1.82) is 0 Å². The van der Waals surface area contributed by atoms with Crippen LogP contribution in [0.25, 0.3) is 0 Å². The van der Waals surface area contributed by atoms with E-state index in [1.807, 2.05) is 0 Å². The Morgan fingerprint density at radius 1 is 1.26 bits per heavy atom. The quantitative estimate of drug-likeness (QED) is 0.768. The Labute approximate surface area is 113 Å². The third-order valence-electron chi connectivity index (χ3n) is 4.80. The molecule has 0 aromatic carbocycles. The second kappa shape index (κ2) is 4.27. The summed E-state index contributed by atoms with van der Waals surface area (Å²) >= 11 is 0. The number of likely N-dealkylation sites (tertiary alicyclic amines) is 1. The van der Waals surface area contributed by atoms with Crippen molar-refractivity contribution >= 4 is 0 Å². The molecule has 19 heavy (non-hydrogen) atoms. The van der Waals surface area contributed by atoms with Gasteiger partial charge >= 0.3 is 0 Å². The highest BCUT2D eigenvalue weighted by atomic mass is 16.5. The van der Waals surface area contributed by atoms with E-state index >= 15 is 0 Å². The maximum absolute atomic E-state index is 6.17. The van der Waals surface area contributed by atoms with Crippen LogP contribution in [0.5, 0.6) is 0 Å². The maximum Gasteiger partial charge on any atom is 0.113 e. The Morgan fingerprint density at radius 2 is 2.05 bits per heavy atom. The molecule has 0 radical (unpaired) electrons. The van der Waals surface area contributed by atoms with Crippen molar-refractivity contribution in [3.8, 4) is 0 Å². The number of fused-ring (bicyclic) bond motifs is 2. The van der Waals surface area contributed by atoms with Crippen molar-refractivity contribution in [2.75, 3.05) is 26.3 Å². The van der Waals surface area contributed by atoms with E-state index in [-0.39, 0.29) is 5.60 Å². The first-order chi connectivity index (χ1) is 9.27. The van der Waals surface area contributed by atoms with Gasteiger partial charge in [0.05, 0.1) is 31.6 Å². The number of aromatic nitrogens is 1. The van der Waals surface area contributed by atoms with Crippen LogP contribution in [-0.2, 0) is 21.7 Å². The van der Waals surface area contributed by atoms with E-state index in [0.717, 1.165) is 51.4 Å². The predicted octanol–water partition coefficient (Wildman–Crippen LogP) is 1.61. The van der Waals surface area contributed by atoms with Crippen molar-refractivity contribution in [2.24, 2.45) is 0 Å². The zero-order chi connectivity index (χ0) is 12.9. The molecule has 4 heteroatoms. The van der Waals surface area contributed by atoms with Crippen LogP contribution in [-0.4, -0.2) is 42.2 Å². The van der Waals surface area contributed by atoms with Crippen LogP contribution in [0.1, 0.15) is 29.8 Å². The molecule has 3 aliphatic rings. The highest BCUT2D eigenvalue weighted by molar-refractivity contribution is 5.31. The van der Waals surface area contributed by atoms with Crippen LogP contribution in [0.15, 0.2) is 12.1 Å². The van der Waals surface area contributed by atoms with Crippen LogP contribution in [0, 0.1) is 6.92 Å². The first kappa shape index (κ1) is 11.8. The summed E-state index contributed by atoms with van der Waals surface area (Å²) in [6.07, 6.45) is 2.12. The molecule has 4 nitrogen and oxygen atoms in total. The number of piperidine rings is 1. The number of hydrogen-bond donors (Lipinski definition) is 0. The molecule has 102 valence electrons. The fraction of sp³-hybridized carbons (Fsp3) is 0.667. The zero-order valence-corrected chi connectivity index (χ0v) is 11.4.